The summed E-state index contributed by atoms with van der Waals surface area (Å²) in [6.45, 7) is 0. The highest BCUT2D eigenvalue weighted by Crippen LogP contribution is 2.54. The summed E-state index contributed by atoms with van der Waals surface area (Å²) < 4.78 is 0. The van der Waals surface area contributed by atoms with Crippen molar-refractivity contribution in [3.8, 4) is 0 Å². The molecule has 0 aromatic heterocycles. The van der Waals surface area contributed by atoms with Crippen LogP contribution in [0.5, 0.6) is 0 Å². The molecule has 0 bridgehead atoms. The van der Waals surface area contributed by atoms with Gasteiger partial charge in [0.05, 0.1) is 22.4 Å². The SMILES string of the molecule is CSCC[C@@H]1N[C@]2(C(=O)Nc3ccccc32)[C@@H]2C(=O)N(c3ccc([N+](=O)[O-])cc3)C(=O)[C@@H]12. The van der Waals surface area contributed by atoms with Crippen LogP contribution in [0.15, 0.2) is 48.5 Å². The van der Waals surface area contributed by atoms with Gasteiger partial charge in [-0.1, -0.05) is 18.2 Å². The van der Waals surface area contributed by atoms with Gasteiger partial charge in [-0.2, -0.15) is 11.8 Å². The molecule has 0 radical (unpaired) electrons. The van der Waals surface area contributed by atoms with Crippen molar-refractivity contribution in [3.63, 3.8) is 0 Å². The van der Waals surface area contributed by atoms with Crippen molar-refractivity contribution in [2.45, 2.75) is 18.0 Å². The van der Waals surface area contributed by atoms with E-state index < -0.39 is 28.2 Å². The van der Waals surface area contributed by atoms with Gasteiger partial charge >= 0.3 is 0 Å². The molecule has 5 rings (SSSR count). The molecular formula is C22H20N4O5S. The van der Waals surface area contributed by atoms with E-state index in [2.05, 4.69) is 10.6 Å². The fourth-order valence-corrected chi connectivity index (χ4v) is 5.72. The first kappa shape index (κ1) is 20.7. The molecule has 3 aliphatic heterocycles. The third kappa shape index (κ3) is 2.72. The Bertz CT molecular complexity index is 1150. The predicted octanol–water partition coefficient (Wildman–Crippen LogP) is 2.27. The number of nitro benzene ring substituents is 1. The first-order valence-electron chi connectivity index (χ1n) is 10.2. The smallest absolute Gasteiger partial charge is 0.269 e. The Hall–Kier alpha value is -3.24. The highest BCUT2D eigenvalue weighted by molar-refractivity contribution is 7.98. The number of carbonyl (C=O) groups excluding carboxylic acids is 3. The maximum absolute atomic E-state index is 13.7. The topological polar surface area (TPSA) is 122 Å². The van der Waals surface area contributed by atoms with Crippen LogP contribution in [-0.4, -0.2) is 40.7 Å². The Morgan fingerprint density at radius 2 is 1.81 bits per heavy atom. The number of anilines is 2. The van der Waals surface area contributed by atoms with Crippen molar-refractivity contribution >= 4 is 46.5 Å². The lowest BCUT2D eigenvalue weighted by Gasteiger charge is -2.29. The number of hydrogen-bond donors (Lipinski definition) is 2. The number of benzene rings is 2. The van der Waals surface area contributed by atoms with Gasteiger partial charge in [-0.05, 0) is 36.6 Å². The van der Waals surface area contributed by atoms with Gasteiger partial charge in [0.2, 0.25) is 17.7 Å². The minimum atomic E-state index is -1.33. The van der Waals surface area contributed by atoms with E-state index in [1.807, 2.05) is 12.3 Å². The standard InChI is InChI=1S/C22H20N4O5S/c1-32-11-10-16-17-18(22(24-16)14-4-2-3-5-15(14)23-21(22)29)20(28)25(19(17)27)12-6-8-13(9-7-12)26(30)31/h2-9,16-18,24H,10-11H2,1H3,(H,23,29)/t16-,17-,18-,22-/m0/s1. The average Bonchev–Trinajstić information content (AvgIpc) is 3.37. The van der Waals surface area contributed by atoms with Crippen LogP contribution >= 0.6 is 11.8 Å². The van der Waals surface area contributed by atoms with Crippen LogP contribution in [0.25, 0.3) is 0 Å². The molecule has 1 spiro atoms. The lowest BCUT2D eigenvalue weighted by molar-refractivity contribution is -0.384. The number of imide groups is 1. The number of para-hydroxylation sites is 1. The Morgan fingerprint density at radius 1 is 1.09 bits per heavy atom. The maximum atomic E-state index is 13.7. The molecule has 4 atom stereocenters. The third-order valence-corrected chi connectivity index (χ3v) is 7.22. The Balaban J connectivity index is 1.61. The summed E-state index contributed by atoms with van der Waals surface area (Å²) in [6, 6.07) is 12.2. The molecule has 0 aliphatic carbocycles. The third-order valence-electron chi connectivity index (χ3n) is 6.57. The van der Waals surface area contributed by atoms with E-state index in [1.165, 1.54) is 24.3 Å². The second-order valence-electron chi connectivity index (χ2n) is 8.13. The van der Waals surface area contributed by atoms with Crippen LogP contribution in [0.4, 0.5) is 17.1 Å². The van der Waals surface area contributed by atoms with Crippen molar-refractivity contribution in [1.29, 1.82) is 0 Å². The number of non-ortho nitro benzene ring substituents is 1. The normalized spacial score (nSPS) is 28.2. The van der Waals surface area contributed by atoms with Gasteiger partial charge in [0.15, 0.2) is 0 Å². The summed E-state index contributed by atoms with van der Waals surface area (Å²) in [7, 11) is 0. The molecular weight excluding hydrogens is 432 g/mol. The molecule has 0 saturated carbocycles. The monoisotopic (exact) mass is 452 g/mol. The fourth-order valence-electron chi connectivity index (χ4n) is 5.23. The molecule has 2 saturated heterocycles. The van der Waals surface area contributed by atoms with Crippen molar-refractivity contribution in [3.05, 3.63) is 64.2 Å². The summed E-state index contributed by atoms with van der Waals surface area (Å²) in [5.74, 6) is -2.05. The Kier molecular flexibility index (Phi) is 4.79. The minimum Gasteiger partial charge on any atom is -0.324 e. The zero-order valence-corrected chi connectivity index (χ0v) is 17.9. The average molecular weight is 452 g/mol. The van der Waals surface area contributed by atoms with Crippen LogP contribution in [0.3, 0.4) is 0 Å². The number of amides is 3. The number of fused-ring (bicyclic) bond motifs is 4. The van der Waals surface area contributed by atoms with Crippen LogP contribution in [0.2, 0.25) is 0 Å². The van der Waals surface area contributed by atoms with E-state index >= 15 is 0 Å². The number of rotatable bonds is 5. The summed E-state index contributed by atoms with van der Waals surface area (Å²) in [5, 5.41) is 17.2. The molecule has 2 fully saturated rings. The van der Waals surface area contributed by atoms with Crippen LogP contribution in [0.1, 0.15) is 12.0 Å². The molecule has 32 heavy (non-hydrogen) atoms. The second-order valence-corrected chi connectivity index (χ2v) is 9.11. The number of nitrogens with one attached hydrogen (secondary N) is 2. The predicted molar refractivity (Wildman–Crippen MR) is 119 cm³/mol. The highest BCUT2D eigenvalue weighted by Gasteiger charge is 2.70. The van der Waals surface area contributed by atoms with E-state index in [-0.39, 0.29) is 29.2 Å². The molecule has 3 heterocycles. The molecule has 10 heteroatoms. The number of nitrogens with zero attached hydrogens (tertiary/aromatic N) is 2. The minimum absolute atomic E-state index is 0.131. The fraction of sp³-hybridized carbons (Fsp3) is 0.318. The molecule has 2 aromatic rings. The van der Waals surface area contributed by atoms with Gasteiger partial charge in [0, 0.05) is 29.4 Å². The van der Waals surface area contributed by atoms with Gasteiger partial charge < -0.3 is 5.32 Å². The van der Waals surface area contributed by atoms with Gasteiger partial charge in [-0.25, -0.2) is 4.90 Å². The number of nitro groups is 1. The van der Waals surface area contributed by atoms with E-state index in [4.69, 9.17) is 0 Å². The van der Waals surface area contributed by atoms with Crippen molar-refractivity contribution in [2.75, 3.05) is 22.2 Å². The molecule has 2 aromatic carbocycles. The molecule has 3 amide bonds. The highest BCUT2D eigenvalue weighted by atomic mass is 32.2. The van der Waals surface area contributed by atoms with Crippen molar-refractivity contribution in [2.24, 2.45) is 11.8 Å². The lowest BCUT2D eigenvalue weighted by Crippen LogP contribution is -2.53. The van der Waals surface area contributed by atoms with E-state index in [0.29, 0.717) is 17.7 Å². The zero-order chi connectivity index (χ0) is 22.6. The van der Waals surface area contributed by atoms with Gasteiger partial charge in [0.1, 0.15) is 5.54 Å². The quantitative estimate of drug-likeness (QED) is 0.405. The maximum Gasteiger partial charge on any atom is 0.269 e. The molecule has 164 valence electrons. The first-order valence-corrected chi connectivity index (χ1v) is 11.6. The number of carbonyl (C=O) groups is 3. The molecule has 2 N–H and O–H groups in total. The molecule has 3 aliphatic rings. The Morgan fingerprint density at radius 3 is 2.50 bits per heavy atom. The first-order chi connectivity index (χ1) is 15.4. The van der Waals surface area contributed by atoms with Crippen LogP contribution in [0, 0.1) is 22.0 Å². The van der Waals surface area contributed by atoms with Gasteiger partial charge in [-0.3, -0.25) is 29.8 Å². The summed E-state index contributed by atoms with van der Waals surface area (Å²) >= 11 is 1.63. The zero-order valence-electron chi connectivity index (χ0n) is 17.1. The summed E-state index contributed by atoms with van der Waals surface area (Å²) in [5.41, 5.74) is 0.104. The van der Waals surface area contributed by atoms with Crippen molar-refractivity contribution in [1.82, 2.24) is 5.32 Å². The lowest BCUT2D eigenvalue weighted by atomic mass is 9.76. The van der Waals surface area contributed by atoms with Crippen molar-refractivity contribution < 1.29 is 19.3 Å². The number of hydrogen-bond acceptors (Lipinski definition) is 7. The Labute approximate surface area is 187 Å². The molecule has 9 nitrogen and oxygen atoms in total. The summed E-state index contributed by atoms with van der Waals surface area (Å²) in [6.07, 6.45) is 2.58. The van der Waals surface area contributed by atoms with E-state index in [1.54, 1.807) is 30.0 Å². The van der Waals surface area contributed by atoms with E-state index in [9.17, 15) is 24.5 Å². The van der Waals surface area contributed by atoms with Gasteiger partial charge in [-0.15, -0.1) is 0 Å². The van der Waals surface area contributed by atoms with Crippen LogP contribution < -0.4 is 15.5 Å². The summed E-state index contributed by atoms with van der Waals surface area (Å²) in [4.78, 5) is 52.1. The van der Waals surface area contributed by atoms with Crippen LogP contribution in [-0.2, 0) is 19.9 Å². The van der Waals surface area contributed by atoms with E-state index in [0.717, 1.165) is 10.7 Å². The second kappa shape index (κ2) is 7.42. The molecule has 0 unspecified atom stereocenters. The largest absolute Gasteiger partial charge is 0.324 e. The van der Waals surface area contributed by atoms with Gasteiger partial charge in [0.25, 0.3) is 5.69 Å². The number of thioether (sulfide) groups is 1.